The highest BCUT2D eigenvalue weighted by Crippen LogP contribution is 2.08. The van der Waals surface area contributed by atoms with Gasteiger partial charge in [-0.25, -0.2) is 0 Å². The molecule has 1 aromatic carbocycles. The number of carbonyl (C=O) groups is 1. The van der Waals surface area contributed by atoms with E-state index in [1.54, 1.807) is 6.92 Å². The fraction of sp³-hybridized carbons (Fsp3) is 0.500. The van der Waals surface area contributed by atoms with Crippen molar-refractivity contribution in [1.82, 2.24) is 0 Å². The number of aliphatic hydroxyl groups excluding tert-OH is 1. The molecule has 0 aliphatic carbocycles. The van der Waals surface area contributed by atoms with E-state index in [0.29, 0.717) is 13.0 Å². The number of hydrogen-bond acceptors (Lipinski definition) is 3. The Kier molecular flexibility index (Phi) is 6.33. The van der Waals surface area contributed by atoms with Crippen LogP contribution in [-0.4, -0.2) is 23.8 Å². The first-order valence-corrected chi connectivity index (χ1v) is 6.10. The first kappa shape index (κ1) is 13.7. The van der Waals surface area contributed by atoms with E-state index in [4.69, 9.17) is 4.74 Å². The van der Waals surface area contributed by atoms with Crippen molar-refractivity contribution in [2.45, 2.75) is 38.7 Å². The van der Waals surface area contributed by atoms with E-state index in [2.05, 4.69) is 12.1 Å². The van der Waals surface area contributed by atoms with Gasteiger partial charge in [0.05, 0.1) is 19.1 Å². The van der Waals surface area contributed by atoms with Gasteiger partial charge < -0.3 is 9.84 Å². The Hall–Kier alpha value is -1.35. The highest BCUT2D eigenvalue weighted by molar-refractivity contribution is 5.69. The molecule has 0 saturated heterocycles. The number of aryl methyl sites for hydroxylation is 1. The van der Waals surface area contributed by atoms with E-state index >= 15 is 0 Å². The third kappa shape index (κ3) is 6.07. The van der Waals surface area contributed by atoms with Crippen molar-refractivity contribution < 1.29 is 14.6 Å². The summed E-state index contributed by atoms with van der Waals surface area (Å²) < 4.78 is 4.78. The van der Waals surface area contributed by atoms with Crippen molar-refractivity contribution in [1.29, 1.82) is 0 Å². The molecule has 0 spiro atoms. The molecule has 0 bridgehead atoms. The third-order valence-electron chi connectivity index (χ3n) is 2.55. The molecule has 0 aliphatic heterocycles. The molecule has 3 nitrogen and oxygen atoms in total. The average Bonchev–Trinajstić information content (AvgIpc) is 2.30. The maximum atomic E-state index is 11.1. The van der Waals surface area contributed by atoms with Crippen molar-refractivity contribution in [2.24, 2.45) is 0 Å². The second kappa shape index (κ2) is 7.85. The van der Waals surface area contributed by atoms with Crippen molar-refractivity contribution in [3.05, 3.63) is 35.9 Å². The minimum atomic E-state index is -0.585. The quantitative estimate of drug-likeness (QED) is 0.739. The fourth-order valence-electron chi connectivity index (χ4n) is 1.70. The minimum absolute atomic E-state index is 0.0998. The predicted molar refractivity (Wildman–Crippen MR) is 66.6 cm³/mol. The number of carbonyl (C=O) groups excluding carboxylic acids is 1. The number of ether oxygens (including phenoxy) is 1. The predicted octanol–water partition coefficient (Wildman–Crippen LogP) is 2.32. The van der Waals surface area contributed by atoms with Crippen molar-refractivity contribution in [3.8, 4) is 0 Å². The van der Waals surface area contributed by atoms with Crippen molar-refractivity contribution in [3.63, 3.8) is 0 Å². The number of rotatable bonds is 7. The molecule has 0 fully saturated rings. The topological polar surface area (TPSA) is 46.5 Å². The Morgan fingerprint density at radius 3 is 2.71 bits per heavy atom. The second-order valence-corrected chi connectivity index (χ2v) is 4.04. The van der Waals surface area contributed by atoms with Gasteiger partial charge in [-0.3, -0.25) is 4.79 Å². The Balaban J connectivity index is 2.16. The van der Waals surface area contributed by atoms with Gasteiger partial charge in [-0.2, -0.15) is 0 Å². The van der Waals surface area contributed by atoms with Gasteiger partial charge in [0.2, 0.25) is 0 Å². The van der Waals surface area contributed by atoms with Gasteiger partial charge in [0, 0.05) is 0 Å². The standard InChI is InChI=1S/C14H20O3/c1-2-17-14(16)11-13(15)10-6-9-12-7-4-3-5-8-12/h3-5,7-8,13,15H,2,6,9-11H2,1H3/t13-/m1/s1. The minimum Gasteiger partial charge on any atom is -0.466 e. The van der Waals surface area contributed by atoms with Crippen LogP contribution in [0.4, 0.5) is 0 Å². The second-order valence-electron chi connectivity index (χ2n) is 4.04. The summed E-state index contributed by atoms with van der Waals surface area (Å²) in [4.78, 5) is 11.1. The monoisotopic (exact) mass is 236 g/mol. The number of aliphatic hydroxyl groups is 1. The van der Waals surface area contributed by atoms with Crippen LogP contribution in [0.15, 0.2) is 30.3 Å². The maximum absolute atomic E-state index is 11.1. The van der Waals surface area contributed by atoms with Crippen LogP contribution in [0, 0.1) is 0 Å². The molecular weight excluding hydrogens is 216 g/mol. The third-order valence-corrected chi connectivity index (χ3v) is 2.55. The molecule has 94 valence electrons. The molecule has 0 radical (unpaired) electrons. The summed E-state index contributed by atoms with van der Waals surface area (Å²) in [6.45, 7) is 2.13. The van der Waals surface area contributed by atoms with E-state index in [1.807, 2.05) is 18.2 Å². The number of hydrogen-bond donors (Lipinski definition) is 1. The lowest BCUT2D eigenvalue weighted by molar-refractivity contribution is -0.145. The fourth-order valence-corrected chi connectivity index (χ4v) is 1.70. The summed E-state index contributed by atoms with van der Waals surface area (Å²) in [6, 6.07) is 10.1. The maximum Gasteiger partial charge on any atom is 0.308 e. The normalized spacial score (nSPS) is 12.1. The van der Waals surface area contributed by atoms with Gasteiger partial charge in [-0.15, -0.1) is 0 Å². The lowest BCUT2D eigenvalue weighted by Gasteiger charge is -2.09. The van der Waals surface area contributed by atoms with Crippen LogP contribution in [0.25, 0.3) is 0 Å². The van der Waals surface area contributed by atoms with Crippen LogP contribution in [0.3, 0.4) is 0 Å². The summed E-state index contributed by atoms with van der Waals surface area (Å²) in [5.41, 5.74) is 1.26. The number of esters is 1. The SMILES string of the molecule is CCOC(=O)C[C@H](O)CCCc1ccccc1. The van der Waals surface area contributed by atoms with E-state index < -0.39 is 6.10 Å². The molecule has 0 aromatic heterocycles. The first-order chi connectivity index (χ1) is 8.22. The van der Waals surface area contributed by atoms with Gasteiger partial charge in [-0.05, 0) is 31.7 Å². The van der Waals surface area contributed by atoms with Crippen LogP contribution in [0.1, 0.15) is 31.7 Å². The zero-order valence-corrected chi connectivity index (χ0v) is 10.3. The summed E-state index contributed by atoms with van der Waals surface area (Å²) in [7, 11) is 0. The molecule has 17 heavy (non-hydrogen) atoms. The summed E-state index contributed by atoms with van der Waals surface area (Å²) in [5.74, 6) is -0.320. The first-order valence-electron chi connectivity index (χ1n) is 6.10. The highest BCUT2D eigenvalue weighted by atomic mass is 16.5. The Morgan fingerprint density at radius 1 is 1.35 bits per heavy atom. The molecule has 1 aromatic rings. The van der Waals surface area contributed by atoms with Gasteiger partial charge >= 0.3 is 5.97 Å². The van der Waals surface area contributed by atoms with Crippen LogP contribution in [-0.2, 0) is 16.0 Å². The summed E-state index contributed by atoms with van der Waals surface area (Å²) in [5, 5.41) is 9.62. The molecule has 0 aliphatic rings. The van der Waals surface area contributed by atoms with Crippen LogP contribution in [0.5, 0.6) is 0 Å². The molecule has 0 saturated carbocycles. The molecule has 0 unspecified atom stereocenters. The highest BCUT2D eigenvalue weighted by Gasteiger charge is 2.10. The zero-order valence-electron chi connectivity index (χ0n) is 10.3. The molecular formula is C14H20O3. The smallest absolute Gasteiger partial charge is 0.308 e. The molecule has 0 amide bonds. The lowest BCUT2D eigenvalue weighted by Crippen LogP contribution is -2.15. The van der Waals surface area contributed by atoms with E-state index in [0.717, 1.165) is 12.8 Å². The Labute approximate surface area is 102 Å². The van der Waals surface area contributed by atoms with Crippen molar-refractivity contribution >= 4 is 5.97 Å². The largest absolute Gasteiger partial charge is 0.466 e. The molecule has 0 heterocycles. The zero-order chi connectivity index (χ0) is 12.5. The molecule has 3 heteroatoms. The van der Waals surface area contributed by atoms with Crippen LogP contribution in [0.2, 0.25) is 0 Å². The van der Waals surface area contributed by atoms with E-state index in [-0.39, 0.29) is 12.4 Å². The van der Waals surface area contributed by atoms with Gasteiger partial charge in [0.1, 0.15) is 0 Å². The Bertz CT molecular complexity index is 321. The lowest BCUT2D eigenvalue weighted by atomic mass is 10.0. The number of benzene rings is 1. The van der Waals surface area contributed by atoms with Crippen LogP contribution >= 0.6 is 0 Å². The molecule has 1 rings (SSSR count). The average molecular weight is 236 g/mol. The van der Waals surface area contributed by atoms with Gasteiger partial charge in [0.25, 0.3) is 0 Å². The van der Waals surface area contributed by atoms with Gasteiger partial charge in [0.15, 0.2) is 0 Å². The van der Waals surface area contributed by atoms with Gasteiger partial charge in [-0.1, -0.05) is 30.3 Å². The van der Waals surface area contributed by atoms with Crippen LogP contribution < -0.4 is 0 Å². The molecule has 1 N–H and O–H groups in total. The van der Waals surface area contributed by atoms with E-state index in [9.17, 15) is 9.90 Å². The summed E-state index contributed by atoms with van der Waals surface area (Å²) in [6.07, 6.45) is 1.96. The Morgan fingerprint density at radius 2 is 2.06 bits per heavy atom. The van der Waals surface area contributed by atoms with Crippen molar-refractivity contribution in [2.75, 3.05) is 6.61 Å². The molecule has 1 atom stereocenters. The summed E-state index contributed by atoms with van der Waals surface area (Å²) >= 11 is 0. The van der Waals surface area contributed by atoms with E-state index in [1.165, 1.54) is 5.56 Å².